The molecule has 0 aliphatic carbocycles. The topological polar surface area (TPSA) is 58.6 Å². The number of hydrogen-bond acceptors (Lipinski definition) is 4. The Morgan fingerprint density at radius 3 is 2.15 bits per heavy atom. The number of halogens is 1. The molecule has 0 radical (unpaired) electrons. The van der Waals surface area contributed by atoms with E-state index >= 15 is 0 Å². The average Bonchev–Trinajstić information content (AvgIpc) is 2.55. The van der Waals surface area contributed by atoms with Crippen molar-refractivity contribution >= 4 is 28.1 Å². The highest BCUT2D eigenvalue weighted by molar-refractivity contribution is 7.92. The highest BCUT2D eigenvalue weighted by Gasteiger charge is 2.05. The molecule has 2 aromatic carbocycles. The summed E-state index contributed by atoms with van der Waals surface area (Å²) in [5.41, 5.74) is 4.09. The van der Waals surface area contributed by atoms with E-state index in [1.807, 2.05) is 18.2 Å². The summed E-state index contributed by atoms with van der Waals surface area (Å²) >= 11 is 0. The molecule has 0 fully saturated rings. The van der Waals surface area contributed by atoms with Crippen molar-refractivity contribution < 1.29 is 13.2 Å². The van der Waals surface area contributed by atoms with Gasteiger partial charge in [0, 0.05) is 18.8 Å². The minimum Gasteiger partial charge on any atom is -0.492 e. The molecular weight excluding hydrogens is 384 g/mol. The number of rotatable bonds is 9. The van der Waals surface area contributed by atoms with Gasteiger partial charge >= 0.3 is 0 Å². The van der Waals surface area contributed by atoms with Crippen molar-refractivity contribution in [2.24, 2.45) is 0 Å². The number of aryl methyl sites for hydroxylation is 2. The van der Waals surface area contributed by atoms with Gasteiger partial charge in [-0.3, -0.25) is 4.72 Å². The summed E-state index contributed by atoms with van der Waals surface area (Å²) in [5, 5.41) is 0. The predicted molar refractivity (Wildman–Crippen MR) is 115 cm³/mol. The molecule has 2 rings (SSSR count). The van der Waals surface area contributed by atoms with E-state index in [0.29, 0.717) is 12.3 Å². The lowest BCUT2D eigenvalue weighted by Gasteiger charge is -2.18. The van der Waals surface area contributed by atoms with Gasteiger partial charge in [-0.2, -0.15) is 0 Å². The van der Waals surface area contributed by atoms with Gasteiger partial charge in [-0.15, -0.1) is 12.4 Å². The second-order valence-corrected chi connectivity index (χ2v) is 8.44. The smallest absolute Gasteiger partial charge is 0.229 e. The van der Waals surface area contributed by atoms with Gasteiger partial charge in [0.1, 0.15) is 12.4 Å². The molecular formula is C20H29ClN2O3S. The van der Waals surface area contributed by atoms with Crippen LogP contribution in [-0.2, 0) is 16.4 Å². The molecule has 0 aliphatic rings. The third kappa shape index (κ3) is 8.20. The summed E-state index contributed by atoms with van der Waals surface area (Å²) in [6.45, 7) is 6.54. The highest BCUT2D eigenvalue weighted by Crippen LogP contribution is 2.22. The van der Waals surface area contributed by atoms with Gasteiger partial charge in [-0.05, 0) is 56.1 Å². The minimum atomic E-state index is -3.23. The molecule has 5 nitrogen and oxygen atoms in total. The third-order valence-electron chi connectivity index (χ3n) is 4.17. The van der Waals surface area contributed by atoms with E-state index in [-0.39, 0.29) is 12.4 Å². The summed E-state index contributed by atoms with van der Waals surface area (Å²) in [6.07, 6.45) is 2.05. The molecule has 0 spiro atoms. The summed E-state index contributed by atoms with van der Waals surface area (Å²) in [7, 11) is -1.15. The standard InChI is InChI=1S/C20H28N2O3S.ClH/c1-16-6-5-7-17(2)20(16)25-15-14-22(3)13-12-18-8-10-19(11-9-18)21-26(4,23)24;/h5-11,21H,12-15H2,1-4H3;1H. The second kappa shape index (κ2) is 10.5. The molecule has 0 saturated carbocycles. The zero-order chi connectivity index (χ0) is 19.2. The Bertz CT molecular complexity index is 803. The Balaban J connectivity index is 0.00000364. The van der Waals surface area contributed by atoms with Crippen molar-refractivity contribution in [3.8, 4) is 5.75 Å². The predicted octanol–water partition coefficient (Wildman–Crippen LogP) is 3.65. The van der Waals surface area contributed by atoms with E-state index in [1.165, 1.54) is 5.56 Å². The number of para-hydroxylation sites is 1. The third-order valence-corrected chi connectivity index (χ3v) is 4.77. The summed E-state index contributed by atoms with van der Waals surface area (Å²) < 4.78 is 30.8. The number of nitrogens with zero attached hydrogens (tertiary/aromatic N) is 1. The molecule has 0 aromatic heterocycles. The molecule has 0 saturated heterocycles. The molecule has 7 heteroatoms. The van der Waals surface area contributed by atoms with E-state index in [1.54, 1.807) is 12.1 Å². The number of sulfonamides is 1. The number of hydrogen-bond donors (Lipinski definition) is 1. The van der Waals surface area contributed by atoms with Crippen LogP contribution in [0.1, 0.15) is 16.7 Å². The van der Waals surface area contributed by atoms with Crippen LogP contribution in [-0.4, -0.2) is 46.3 Å². The molecule has 0 heterocycles. The molecule has 0 amide bonds. The van der Waals surface area contributed by atoms with Crippen molar-refractivity contribution in [3.63, 3.8) is 0 Å². The SMILES string of the molecule is Cc1cccc(C)c1OCCN(C)CCc1ccc(NS(C)(=O)=O)cc1.Cl. The fourth-order valence-corrected chi connectivity index (χ4v) is 3.28. The van der Waals surface area contributed by atoms with Crippen LogP contribution in [0.25, 0.3) is 0 Å². The Morgan fingerprint density at radius 1 is 1.00 bits per heavy atom. The normalized spacial score (nSPS) is 11.1. The second-order valence-electron chi connectivity index (χ2n) is 6.69. The summed E-state index contributed by atoms with van der Waals surface area (Å²) in [6, 6.07) is 13.7. The first-order chi connectivity index (χ1) is 12.2. The molecule has 0 aliphatic heterocycles. The van der Waals surface area contributed by atoms with Gasteiger partial charge < -0.3 is 9.64 Å². The van der Waals surface area contributed by atoms with Crippen molar-refractivity contribution in [1.82, 2.24) is 4.90 Å². The molecule has 27 heavy (non-hydrogen) atoms. The van der Waals surface area contributed by atoms with Crippen LogP contribution in [0.2, 0.25) is 0 Å². The minimum absolute atomic E-state index is 0. The Hall–Kier alpha value is -1.76. The van der Waals surface area contributed by atoms with Crippen molar-refractivity contribution in [2.45, 2.75) is 20.3 Å². The van der Waals surface area contributed by atoms with Crippen molar-refractivity contribution in [3.05, 3.63) is 59.2 Å². The monoisotopic (exact) mass is 412 g/mol. The van der Waals surface area contributed by atoms with Gasteiger partial charge in [0.2, 0.25) is 10.0 Å². The molecule has 0 bridgehead atoms. The fourth-order valence-electron chi connectivity index (χ4n) is 2.72. The van der Waals surface area contributed by atoms with Gasteiger partial charge in [0.25, 0.3) is 0 Å². The molecule has 0 unspecified atom stereocenters. The summed E-state index contributed by atoms with van der Waals surface area (Å²) in [4.78, 5) is 2.23. The Kier molecular flexibility index (Phi) is 9.09. The lowest BCUT2D eigenvalue weighted by Crippen LogP contribution is -2.26. The first-order valence-corrected chi connectivity index (χ1v) is 10.6. The van der Waals surface area contributed by atoms with Crippen LogP contribution in [0.4, 0.5) is 5.69 Å². The number of benzene rings is 2. The number of anilines is 1. The van der Waals surface area contributed by atoms with Crippen LogP contribution in [0.15, 0.2) is 42.5 Å². The molecule has 1 N–H and O–H groups in total. The zero-order valence-electron chi connectivity index (χ0n) is 16.4. The fraction of sp³-hybridized carbons (Fsp3) is 0.400. The zero-order valence-corrected chi connectivity index (χ0v) is 18.0. The van der Waals surface area contributed by atoms with Gasteiger partial charge in [-0.25, -0.2) is 8.42 Å². The maximum atomic E-state index is 11.2. The first-order valence-electron chi connectivity index (χ1n) is 8.69. The maximum Gasteiger partial charge on any atom is 0.229 e. The van der Waals surface area contributed by atoms with Gasteiger partial charge in [-0.1, -0.05) is 30.3 Å². The Morgan fingerprint density at radius 2 is 1.59 bits per heavy atom. The first kappa shape index (κ1) is 23.3. The van der Waals surface area contributed by atoms with E-state index in [9.17, 15) is 8.42 Å². The largest absolute Gasteiger partial charge is 0.492 e. The number of likely N-dealkylation sites (N-methyl/N-ethyl adjacent to an activating group) is 1. The lowest BCUT2D eigenvalue weighted by molar-refractivity contribution is 0.237. The highest BCUT2D eigenvalue weighted by atomic mass is 35.5. The van der Waals surface area contributed by atoms with Crippen molar-refractivity contribution in [2.75, 3.05) is 37.7 Å². The van der Waals surface area contributed by atoms with Crippen LogP contribution in [0.3, 0.4) is 0 Å². The average molecular weight is 413 g/mol. The van der Waals surface area contributed by atoms with Gasteiger partial charge in [0.05, 0.1) is 6.26 Å². The summed E-state index contributed by atoms with van der Waals surface area (Å²) in [5.74, 6) is 0.981. The Labute approximate surface area is 169 Å². The van der Waals surface area contributed by atoms with Gasteiger partial charge in [0.15, 0.2) is 0 Å². The van der Waals surface area contributed by atoms with E-state index in [4.69, 9.17) is 4.74 Å². The van der Waals surface area contributed by atoms with E-state index < -0.39 is 10.0 Å². The van der Waals surface area contributed by atoms with E-state index in [2.05, 4.69) is 42.6 Å². The lowest BCUT2D eigenvalue weighted by atomic mass is 10.1. The van der Waals surface area contributed by atoms with Crippen LogP contribution >= 0.6 is 12.4 Å². The van der Waals surface area contributed by atoms with Crippen LogP contribution in [0.5, 0.6) is 5.75 Å². The van der Waals surface area contributed by atoms with Crippen molar-refractivity contribution in [1.29, 1.82) is 0 Å². The molecule has 2 aromatic rings. The number of nitrogens with one attached hydrogen (secondary N) is 1. The number of ether oxygens (including phenoxy) is 1. The quantitative estimate of drug-likeness (QED) is 0.682. The molecule has 150 valence electrons. The van der Waals surface area contributed by atoms with Crippen LogP contribution in [0, 0.1) is 13.8 Å². The van der Waals surface area contributed by atoms with E-state index in [0.717, 1.165) is 42.6 Å². The van der Waals surface area contributed by atoms with Crippen LogP contribution < -0.4 is 9.46 Å². The molecule has 0 atom stereocenters. The maximum absolute atomic E-state index is 11.2.